The molecular weight excluding hydrogens is 212 g/mol. The summed E-state index contributed by atoms with van der Waals surface area (Å²) in [5.41, 5.74) is 6.08. The fourth-order valence-electron chi connectivity index (χ4n) is 1.68. The van der Waals surface area contributed by atoms with E-state index in [1.165, 1.54) is 0 Å². The van der Waals surface area contributed by atoms with Gasteiger partial charge in [-0.3, -0.25) is 5.41 Å². The Balaban J connectivity index is 2.91. The van der Waals surface area contributed by atoms with Crippen molar-refractivity contribution in [2.45, 2.75) is 33.7 Å². The van der Waals surface area contributed by atoms with E-state index in [-0.39, 0.29) is 5.84 Å². The van der Waals surface area contributed by atoms with Crippen LogP contribution in [-0.2, 0) is 0 Å². The Morgan fingerprint density at radius 2 is 2.00 bits per heavy atom. The van der Waals surface area contributed by atoms with Crippen molar-refractivity contribution in [1.29, 1.82) is 5.41 Å². The van der Waals surface area contributed by atoms with Crippen LogP contribution in [0.1, 0.15) is 33.3 Å². The molecule has 0 spiro atoms. The highest BCUT2D eigenvalue weighted by Crippen LogP contribution is 2.16. The predicted octanol–water partition coefficient (Wildman–Crippen LogP) is 2.24. The Hall–Kier alpha value is -1.58. The normalized spacial score (nSPS) is 10.9. The first kappa shape index (κ1) is 13.5. The standard InChI is InChI=1S/C13H22N4/c1-9(2)8-17(10(3)4)12-6-5-11(7-16-12)13(14)15/h5-7,9-10H,8H2,1-4H3,(H3,14,15). The molecule has 94 valence electrons. The van der Waals surface area contributed by atoms with Crippen LogP contribution < -0.4 is 10.6 Å². The van der Waals surface area contributed by atoms with Crippen molar-refractivity contribution in [2.75, 3.05) is 11.4 Å². The lowest BCUT2D eigenvalue weighted by Crippen LogP contribution is -2.34. The minimum atomic E-state index is 0.0593. The molecule has 4 nitrogen and oxygen atoms in total. The zero-order chi connectivity index (χ0) is 13.0. The lowest BCUT2D eigenvalue weighted by atomic mass is 10.1. The van der Waals surface area contributed by atoms with E-state index in [1.807, 2.05) is 12.1 Å². The fraction of sp³-hybridized carbons (Fsp3) is 0.538. The number of nitrogens with zero attached hydrogens (tertiary/aromatic N) is 2. The molecule has 1 aromatic heterocycles. The summed E-state index contributed by atoms with van der Waals surface area (Å²) in [4.78, 5) is 6.64. The molecule has 0 saturated heterocycles. The first-order valence-electron chi connectivity index (χ1n) is 5.99. The van der Waals surface area contributed by atoms with Crippen molar-refractivity contribution in [3.8, 4) is 0 Å². The molecule has 0 unspecified atom stereocenters. The molecule has 0 fully saturated rings. The Morgan fingerprint density at radius 3 is 2.35 bits per heavy atom. The van der Waals surface area contributed by atoms with Crippen LogP contribution in [0.4, 0.5) is 5.82 Å². The van der Waals surface area contributed by atoms with Crippen molar-refractivity contribution in [1.82, 2.24) is 4.98 Å². The molecule has 0 amide bonds. The Bertz CT molecular complexity index is 368. The molecule has 3 N–H and O–H groups in total. The van der Waals surface area contributed by atoms with E-state index in [0.717, 1.165) is 12.4 Å². The number of aromatic nitrogens is 1. The van der Waals surface area contributed by atoms with E-state index in [2.05, 4.69) is 37.6 Å². The van der Waals surface area contributed by atoms with Gasteiger partial charge in [0, 0.05) is 24.3 Å². The van der Waals surface area contributed by atoms with Crippen LogP contribution in [-0.4, -0.2) is 23.4 Å². The topological polar surface area (TPSA) is 66.0 Å². The van der Waals surface area contributed by atoms with Crippen LogP contribution in [0.5, 0.6) is 0 Å². The van der Waals surface area contributed by atoms with Crippen LogP contribution in [0.3, 0.4) is 0 Å². The van der Waals surface area contributed by atoms with E-state index >= 15 is 0 Å². The van der Waals surface area contributed by atoms with Crippen LogP contribution in [0.2, 0.25) is 0 Å². The summed E-state index contributed by atoms with van der Waals surface area (Å²) in [6.45, 7) is 9.68. The second kappa shape index (κ2) is 5.66. The molecule has 0 atom stereocenters. The summed E-state index contributed by atoms with van der Waals surface area (Å²) in [7, 11) is 0. The van der Waals surface area contributed by atoms with Gasteiger partial charge in [-0.1, -0.05) is 13.8 Å². The monoisotopic (exact) mass is 234 g/mol. The van der Waals surface area contributed by atoms with Gasteiger partial charge in [0.25, 0.3) is 0 Å². The number of nitrogens with one attached hydrogen (secondary N) is 1. The smallest absolute Gasteiger partial charge is 0.128 e. The third-order valence-corrected chi connectivity index (χ3v) is 2.54. The van der Waals surface area contributed by atoms with Gasteiger partial charge in [0.1, 0.15) is 11.7 Å². The minimum absolute atomic E-state index is 0.0593. The molecule has 0 aliphatic carbocycles. The Morgan fingerprint density at radius 1 is 1.35 bits per heavy atom. The van der Waals surface area contributed by atoms with Crippen molar-refractivity contribution in [3.63, 3.8) is 0 Å². The van der Waals surface area contributed by atoms with Gasteiger partial charge in [0.2, 0.25) is 0 Å². The van der Waals surface area contributed by atoms with Crippen molar-refractivity contribution < 1.29 is 0 Å². The van der Waals surface area contributed by atoms with Gasteiger partial charge in [0.05, 0.1) is 0 Å². The van der Waals surface area contributed by atoms with Crippen LogP contribution in [0.25, 0.3) is 0 Å². The van der Waals surface area contributed by atoms with E-state index in [1.54, 1.807) is 6.20 Å². The molecule has 1 aromatic rings. The SMILES string of the molecule is CC(C)CN(c1ccc(C(=N)N)cn1)C(C)C. The number of amidine groups is 1. The zero-order valence-electron chi connectivity index (χ0n) is 11.1. The number of rotatable bonds is 5. The summed E-state index contributed by atoms with van der Waals surface area (Å²) >= 11 is 0. The second-order valence-electron chi connectivity index (χ2n) is 4.96. The zero-order valence-corrected chi connectivity index (χ0v) is 11.1. The average molecular weight is 234 g/mol. The summed E-state index contributed by atoms with van der Waals surface area (Å²) in [5.74, 6) is 1.59. The molecule has 0 bridgehead atoms. The van der Waals surface area contributed by atoms with E-state index in [4.69, 9.17) is 11.1 Å². The van der Waals surface area contributed by atoms with Crippen LogP contribution >= 0.6 is 0 Å². The summed E-state index contributed by atoms with van der Waals surface area (Å²) in [6, 6.07) is 4.19. The maximum atomic E-state index is 7.33. The van der Waals surface area contributed by atoms with Gasteiger partial charge < -0.3 is 10.6 Å². The average Bonchev–Trinajstić information content (AvgIpc) is 2.25. The molecular formula is C13H22N4. The fourth-order valence-corrected chi connectivity index (χ4v) is 1.68. The Labute approximate surface area is 103 Å². The maximum absolute atomic E-state index is 7.33. The lowest BCUT2D eigenvalue weighted by molar-refractivity contribution is 0.566. The number of nitrogen functional groups attached to an aromatic ring is 1. The number of pyridine rings is 1. The van der Waals surface area contributed by atoms with Crippen LogP contribution in [0, 0.1) is 11.3 Å². The third kappa shape index (κ3) is 3.73. The molecule has 1 heterocycles. The highest BCUT2D eigenvalue weighted by molar-refractivity contribution is 5.94. The van der Waals surface area contributed by atoms with Gasteiger partial charge >= 0.3 is 0 Å². The highest BCUT2D eigenvalue weighted by Gasteiger charge is 2.13. The first-order chi connectivity index (χ1) is 7.91. The van der Waals surface area contributed by atoms with Gasteiger partial charge in [-0.2, -0.15) is 0 Å². The largest absolute Gasteiger partial charge is 0.384 e. The van der Waals surface area contributed by atoms with Crippen molar-refractivity contribution in [2.24, 2.45) is 11.7 Å². The summed E-state index contributed by atoms with van der Waals surface area (Å²) < 4.78 is 0. The van der Waals surface area contributed by atoms with E-state index in [9.17, 15) is 0 Å². The molecule has 0 aromatic carbocycles. The third-order valence-electron chi connectivity index (χ3n) is 2.54. The molecule has 0 saturated carbocycles. The van der Waals surface area contributed by atoms with Gasteiger partial charge in [0.15, 0.2) is 0 Å². The number of anilines is 1. The molecule has 1 rings (SSSR count). The Kier molecular flexibility index (Phi) is 4.49. The first-order valence-corrected chi connectivity index (χ1v) is 5.99. The quantitative estimate of drug-likeness (QED) is 0.606. The van der Waals surface area contributed by atoms with Crippen LogP contribution in [0.15, 0.2) is 18.3 Å². The highest BCUT2D eigenvalue weighted by atomic mass is 15.2. The molecule has 0 aliphatic rings. The predicted molar refractivity (Wildman–Crippen MR) is 72.6 cm³/mol. The van der Waals surface area contributed by atoms with Gasteiger partial charge in [-0.25, -0.2) is 4.98 Å². The van der Waals surface area contributed by atoms with Crippen molar-refractivity contribution in [3.05, 3.63) is 23.9 Å². The minimum Gasteiger partial charge on any atom is -0.384 e. The second-order valence-corrected chi connectivity index (χ2v) is 4.96. The van der Waals surface area contributed by atoms with Gasteiger partial charge in [-0.15, -0.1) is 0 Å². The summed E-state index contributed by atoms with van der Waals surface area (Å²) in [5, 5.41) is 7.33. The number of hydrogen-bond acceptors (Lipinski definition) is 3. The van der Waals surface area contributed by atoms with Gasteiger partial charge in [-0.05, 0) is 31.9 Å². The maximum Gasteiger partial charge on any atom is 0.128 e. The lowest BCUT2D eigenvalue weighted by Gasteiger charge is -2.29. The van der Waals surface area contributed by atoms with E-state index < -0.39 is 0 Å². The van der Waals surface area contributed by atoms with Crippen molar-refractivity contribution >= 4 is 11.7 Å². The molecule has 17 heavy (non-hydrogen) atoms. The summed E-state index contributed by atoms with van der Waals surface area (Å²) in [6.07, 6.45) is 1.66. The molecule has 0 aliphatic heterocycles. The van der Waals surface area contributed by atoms with E-state index in [0.29, 0.717) is 17.5 Å². The molecule has 0 radical (unpaired) electrons. The number of hydrogen-bond donors (Lipinski definition) is 2. The molecule has 4 heteroatoms. The number of nitrogens with two attached hydrogens (primary N) is 1.